The summed E-state index contributed by atoms with van der Waals surface area (Å²) in [5, 5.41) is 7.18. The highest BCUT2D eigenvalue weighted by atomic mass is 35.5. The zero-order valence-electron chi connectivity index (χ0n) is 16.1. The van der Waals surface area contributed by atoms with Crippen LogP contribution in [0.15, 0.2) is 71.9 Å². The Morgan fingerprint density at radius 2 is 1.79 bits per heavy atom. The average molecular weight is 426 g/mol. The standard InChI is InChI=1S/C22H20ClN3O2S/c1-15-11-22(16(2)10-21(15)23)29(27,28)25-19-12-24-26(14-19)13-18-8-5-7-17-6-3-4-9-20(17)18/h3-12,14,25H,13H2,1-2H3. The van der Waals surface area contributed by atoms with E-state index in [2.05, 4.69) is 28.0 Å². The van der Waals surface area contributed by atoms with Gasteiger partial charge in [0.25, 0.3) is 10.0 Å². The van der Waals surface area contributed by atoms with Gasteiger partial charge in [0, 0.05) is 11.2 Å². The van der Waals surface area contributed by atoms with Crippen molar-refractivity contribution in [3.63, 3.8) is 0 Å². The highest BCUT2D eigenvalue weighted by Gasteiger charge is 2.19. The van der Waals surface area contributed by atoms with Gasteiger partial charge in [-0.2, -0.15) is 5.10 Å². The Hall–Kier alpha value is -2.83. The van der Waals surface area contributed by atoms with Crippen LogP contribution in [0.25, 0.3) is 10.8 Å². The summed E-state index contributed by atoms with van der Waals surface area (Å²) < 4.78 is 30.0. The first kappa shape index (κ1) is 19.5. The molecule has 0 atom stereocenters. The van der Waals surface area contributed by atoms with E-state index in [9.17, 15) is 8.42 Å². The Kier molecular flexibility index (Phi) is 5.06. The highest BCUT2D eigenvalue weighted by Crippen LogP contribution is 2.26. The molecule has 0 aliphatic rings. The third kappa shape index (κ3) is 3.99. The normalized spacial score (nSPS) is 11.7. The molecular weight excluding hydrogens is 406 g/mol. The highest BCUT2D eigenvalue weighted by molar-refractivity contribution is 7.92. The maximum Gasteiger partial charge on any atom is 0.262 e. The Bertz CT molecular complexity index is 1310. The van der Waals surface area contributed by atoms with Gasteiger partial charge in [0.15, 0.2) is 0 Å². The van der Waals surface area contributed by atoms with E-state index in [1.807, 2.05) is 24.3 Å². The molecule has 0 saturated heterocycles. The van der Waals surface area contributed by atoms with Gasteiger partial charge >= 0.3 is 0 Å². The molecule has 1 N–H and O–H groups in total. The monoisotopic (exact) mass is 425 g/mol. The number of hydrogen-bond donors (Lipinski definition) is 1. The van der Waals surface area contributed by atoms with Crippen molar-refractivity contribution >= 4 is 38.1 Å². The van der Waals surface area contributed by atoms with E-state index in [0.717, 1.165) is 16.3 Å². The van der Waals surface area contributed by atoms with Gasteiger partial charge in [-0.05, 0) is 53.4 Å². The number of nitrogens with zero attached hydrogens (tertiary/aromatic N) is 2. The summed E-state index contributed by atoms with van der Waals surface area (Å²) in [6.07, 6.45) is 3.21. The fraction of sp³-hybridized carbons (Fsp3) is 0.136. The number of benzene rings is 3. The second-order valence-electron chi connectivity index (χ2n) is 7.04. The molecule has 1 heterocycles. The van der Waals surface area contributed by atoms with E-state index < -0.39 is 10.0 Å². The summed E-state index contributed by atoms with van der Waals surface area (Å²) in [6, 6.07) is 17.5. The minimum atomic E-state index is -3.74. The summed E-state index contributed by atoms with van der Waals surface area (Å²) >= 11 is 6.09. The molecule has 3 aromatic carbocycles. The van der Waals surface area contributed by atoms with E-state index in [0.29, 0.717) is 28.4 Å². The van der Waals surface area contributed by atoms with Gasteiger partial charge in [-0.1, -0.05) is 54.1 Å². The van der Waals surface area contributed by atoms with Gasteiger partial charge in [0.1, 0.15) is 0 Å². The number of nitrogens with one attached hydrogen (secondary N) is 1. The third-order valence-corrected chi connectivity index (χ3v) is 6.77. The fourth-order valence-corrected chi connectivity index (χ4v) is 4.92. The van der Waals surface area contributed by atoms with Crippen LogP contribution >= 0.6 is 11.6 Å². The number of hydrogen-bond acceptors (Lipinski definition) is 3. The minimum absolute atomic E-state index is 0.209. The van der Waals surface area contributed by atoms with Crippen molar-refractivity contribution < 1.29 is 8.42 Å². The summed E-state index contributed by atoms with van der Waals surface area (Å²) in [5.41, 5.74) is 2.84. The van der Waals surface area contributed by atoms with E-state index in [1.54, 1.807) is 36.9 Å². The van der Waals surface area contributed by atoms with Crippen molar-refractivity contribution in [3.05, 3.63) is 88.7 Å². The molecular formula is C22H20ClN3O2S. The molecule has 7 heteroatoms. The smallest absolute Gasteiger partial charge is 0.262 e. The molecule has 29 heavy (non-hydrogen) atoms. The molecule has 4 aromatic rings. The summed E-state index contributed by atoms with van der Waals surface area (Å²) in [7, 11) is -3.74. The second-order valence-corrected chi connectivity index (χ2v) is 9.10. The summed E-state index contributed by atoms with van der Waals surface area (Å²) in [6.45, 7) is 4.05. The van der Waals surface area contributed by atoms with Crippen molar-refractivity contribution in [1.29, 1.82) is 0 Å². The van der Waals surface area contributed by atoms with Gasteiger partial charge in [-0.25, -0.2) is 8.42 Å². The molecule has 148 valence electrons. The molecule has 0 fully saturated rings. The van der Waals surface area contributed by atoms with E-state index in [4.69, 9.17) is 11.6 Å². The molecule has 0 radical (unpaired) electrons. The molecule has 0 saturated carbocycles. The largest absolute Gasteiger partial charge is 0.276 e. The zero-order valence-corrected chi connectivity index (χ0v) is 17.6. The Balaban J connectivity index is 1.59. The molecule has 0 spiro atoms. The summed E-state index contributed by atoms with van der Waals surface area (Å²) in [4.78, 5) is 0.209. The fourth-order valence-electron chi connectivity index (χ4n) is 3.36. The molecule has 0 aliphatic carbocycles. The first-order chi connectivity index (χ1) is 13.8. The second kappa shape index (κ2) is 7.54. The topological polar surface area (TPSA) is 64.0 Å². The van der Waals surface area contributed by atoms with Gasteiger partial charge in [-0.3, -0.25) is 9.40 Å². The van der Waals surface area contributed by atoms with Crippen LogP contribution in [0.3, 0.4) is 0 Å². The van der Waals surface area contributed by atoms with Crippen molar-refractivity contribution in [2.75, 3.05) is 4.72 Å². The summed E-state index contributed by atoms with van der Waals surface area (Å²) in [5.74, 6) is 0. The minimum Gasteiger partial charge on any atom is -0.276 e. The molecule has 5 nitrogen and oxygen atoms in total. The number of anilines is 1. The van der Waals surface area contributed by atoms with Crippen LogP contribution in [0.2, 0.25) is 5.02 Å². The number of fused-ring (bicyclic) bond motifs is 1. The van der Waals surface area contributed by atoms with Gasteiger partial charge < -0.3 is 0 Å². The average Bonchev–Trinajstić information content (AvgIpc) is 3.11. The lowest BCUT2D eigenvalue weighted by Crippen LogP contribution is -2.14. The number of aromatic nitrogens is 2. The van der Waals surface area contributed by atoms with Crippen LogP contribution in [0, 0.1) is 13.8 Å². The molecule has 0 aliphatic heterocycles. The SMILES string of the molecule is Cc1cc(S(=O)(=O)Nc2cnn(Cc3cccc4ccccc34)c2)c(C)cc1Cl. The maximum absolute atomic E-state index is 12.8. The molecule has 4 rings (SSSR count). The van der Waals surface area contributed by atoms with Crippen LogP contribution < -0.4 is 4.72 Å². The van der Waals surface area contributed by atoms with Crippen LogP contribution in [-0.2, 0) is 16.6 Å². The molecule has 0 unspecified atom stereocenters. The van der Waals surface area contributed by atoms with E-state index in [-0.39, 0.29) is 4.90 Å². The van der Waals surface area contributed by atoms with Gasteiger partial charge in [-0.15, -0.1) is 0 Å². The van der Waals surface area contributed by atoms with Crippen LogP contribution in [0.1, 0.15) is 16.7 Å². The quantitative estimate of drug-likeness (QED) is 0.480. The van der Waals surface area contributed by atoms with Crippen LogP contribution in [0.5, 0.6) is 0 Å². The van der Waals surface area contributed by atoms with E-state index >= 15 is 0 Å². The van der Waals surface area contributed by atoms with Crippen LogP contribution in [-0.4, -0.2) is 18.2 Å². The lowest BCUT2D eigenvalue weighted by molar-refractivity contribution is 0.600. The number of rotatable bonds is 5. The van der Waals surface area contributed by atoms with Gasteiger partial charge in [0.05, 0.1) is 23.3 Å². The zero-order chi connectivity index (χ0) is 20.6. The van der Waals surface area contributed by atoms with Crippen molar-refractivity contribution in [3.8, 4) is 0 Å². The van der Waals surface area contributed by atoms with Crippen molar-refractivity contribution in [2.45, 2.75) is 25.3 Å². The predicted octanol–water partition coefficient (Wildman–Crippen LogP) is 5.16. The molecule has 0 bridgehead atoms. The van der Waals surface area contributed by atoms with Crippen molar-refractivity contribution in [1.82, 2.24) is 9.78 Å². The Morgan fingerprint density at radius 3 is 2.62 bits per heavy atom. The maximum atomic E-state index is 12.8. The first-order valence-electron chi connectivity index (χ1n) is 9.12. The van der Waals surface area contributed by atoms with E-state index in [1.165, 1.54) is 6.20 Å². The van der Waals surface area contributed by atoms with Gasteiger partial charge in [0.2, 0.25) is 0 Å². The molecule has 1 aromatic heterocycles. The Labute approximate surface area is 175 Å². The number of halogens is 1. The lowest BCUT2D eigenvalue weighted by atomic mass is 10.0. The third-order valence-electron chi connectivity index (χ3n) is 4.84. The first-order valence-corrected chi connectivity index (χ1v) is 11.0. The lowest BCUT2D eigenvalue weighted by Gasteiger charge is -2.11. The van der Waals surface area contributed by atoms with Crippen molar-refractivity contribution in [2.24, 2.45) is 0 Å². The molecule has 0 amide bonds. The number of sulfonamides is 1. The Morgan fingerprint density at radius 1 is 1.03 bits per heavy atom. The van der Waals surface area contributed by atoms with Crippen LogP contribution in [0.4, 0.5) is 5.69 Å². The number of aryl methyl sites for hydroxylation is 2. The predicted molar refractivity (Wildman–Crippen MR) is 117 cm³/mol.